The van der Waals surface area contributed by atoms with Crippen LogP contribution in [0.2, 0.25) is 15.5 Å². The maximum Gasteiger partial charge on any atom is 0.394 e. The van der Waals surface area contributed by atoms with E-state index in [1.54, 1.807) is 19.9 Å². The number of carbonyl (C=O) groups excluding carboxylic acids is 2. The highest BCUT2D eigenvalue weighted by Crippen LogP contribution is 2.60. The van der Waals surface area contributed by atoms with E-state index < -0.39 is 35.1 Å². The van der Waals surface area contributed by atoms with Gasteiger partial charge in [-0.15, -0.1) is 5.10 Å². The Morgan fingerprint density at radius 2 is 1.29 bits per heavy atom. The molecule has 0 radical (unpaired) electrons. The molecule has 0 saturated heterocycles. The van der Waals surface area contributed by atoms with Gasteiger partial charge in [-0.25, -0.2) is 29.3 Å². The molecule has 12 nitrogen and oxygen atoms in total. The molecule has 21 heteroatoms. The average Bonchev–Trinajstić information content (AvgIpc) is 3.97. The first-order valence-electron chi connectivity index (χ1n) is 16.7. The molecule has 4 aromatic rings. The second kappa shape index (κ2) is 19.7. The van der Waals surface area contributed by atoms with Gasteiger partial charge in [0.05, 0.1) is 54.6 Å². The smallest absolute Gasteiger partial charge is 0.394 e. The highest BCUT2D eigenvalue weighted by molar-refractivity contribution is 6.34. The molecule has 2 saturated carbocycles. The molecule has 2 fully saturated rings. The topological polar surface area (TPSA) is 143 Å². The van der Waals surface area contributed by atoms with E-state index in [0.29, 0.717) is 18.3 Å². The van der Waals surface area contributed by atoms with Gasteiger partial charge in [-0.1, -0.05) is 42.2 Å². The molecule has 0 spiro atoms. The zero-order chi connectivity index (χ0) is 40.4. The number of rotatable bonds is 13. The van der Waals surface area contributed by atoms with Crippen LogP contribution < -0.4 is 9.47 Å². The summed E-state index contributed by atoms with van der Waals surface area (Å²) in [6.45, 7) is 3.91. The van der Waals surface area contributed by atoms with Crippen LogP contribution in [0.3, 0.4) is 0 Å². The van der Waals surface area contributed by atoms with E-state index in [9.17, 15) is 35.9 Å². The summed E-state index contributed by atoms with van der Waals surface area (Å²) >= 11 is 17.2. The fraction of sp³-hybridized carbons (Fsp3) is 0.486. The van der Waals surface area contributed by atoms with Crippen molar-refractivity contribution in [1.82, 2.24) is 29.9 Å². The fourth-order valence-corrected chi connectivity index (χ4v) is 5.53. The van der Waals surface area contributed by atoms with Gasteiger partial charge < -0.3 is 18.9 Å². The van der Waals surface area contributed by atoms with Crippen LogP contribution in [0.15, 0.2) is 48.8 Å². The minimum Gasteiger partial charge on any atom is -0.478 e. The second-order valence-electron chi connectivity index (χ2n) is 12.2. The minimum atomic E-state index is -4.20. The van der Waals surface area contributed by atoms with Gasteiger partial charge in [0.1, 0.15) is 15.5 Å². The fourth-order valence-electron chi connectivity index (χ4n) is 4.88. The molecule has 6 rings (SSSR count). The number of halogens is 9. The Hall–Kier alpha value is -4.29. The van der Waals surface area contributed by atoms with Crippen LogP contribution in [-0.4, -0.2) is 80.7 Å². The number of hydrogen-bond donors (Lipinski definition) is 1. The Kier molecular flexibility index (Phi) is 16.2. The van der Waals surface area contributed by atoms with Crippen LogP contribution in [0.4, 0.5) is 26.3 Å². The number of aromatic nitrogens is 6. The summed E-state index contributed by atoms with van der Waals surface area (Å²) in [7, 11) is 0. The second-order valence-corrected chi connectivity index (χ2v) is 13.3. The number of esters is 2. The zero-order valence-corrected chi connectivity index (χ0v) is 31.5. The van der Waals surface area contributed by atoms with Gasteiger partial charge in [0.25, 0.3) is 0 Å². The van der Waals surface area contributed by atoms with E-state index >= 15 is 0 Å². The van der Waals surface area contributed by atoms with E-state index in [1.165, 1.54) is 47.4 Å². The maximum atomic E-state index is 12.9. The number of carbonyl (C=O) groups is 2. The molecular formula is C35H39Cl3F6N6O6. The van der Waals surface area contributed by atoms with Gasteiger partial charge in [-0.2, -0.15) is 31.4 Å². The summed E-state index contributed by atoms with van der Waals surface area (Å²) < 4.78 is 97.5. The summed E-state index contributed by atoms with van der Waals surface area (Å²) in [5, 5.41) is 10.5. The lowest BCUT2D eigenvalue weighted by molar-refractivity contribution is -0.190. The Balaban J connectivity index is 0.000000245. The van der Waals surface area contributed by atoms with Gasteiger partial charge in [0.15, 0.2) is 5.82 Å². The molecule has 0 aliphatic heterocycles. The molecular weight excluding hydrogens is 821 g/mol. The first-order valence-corrected chi connectivity index (χ1v) is 17.8. The first kappa shape index (κ1) is 46.1. The van der Waals surface area contributed by atoms with Crippen LogP contribution in [-0.2, 0) is 9.47 Å². The number of pyridine rings is 2. The van der Waals surface area contributed by atoms with Crippen molar-refractivity contribution in [3.63, 3.8) is 0 Å². The molecule has 0 aromatic carbocycles. The van der Waals surface area contributed by atoms with Crippen molar-refractivity contribution in [3.05, 3.63) is 75.4 Å². The number of alkyl halides is 6. The van der Waals surface area contributed by atoms with Crippen molar-refractivity contribution >= 4 is 46.7 Å². The molecule has 4 heterocycles. The third-order valence-corrected chi connectivity index (χ3v) is 9.28. The van der Waals surface area contributed by atoms with Crippen LogP contribution in [0.1, 0.15) is 80.5 Å². The van der Waals surface area contributed by atoms with Crippen molar-refractivity contribution < 1.29 is 54.9 Å². The zero-order valence-electron chi connectivity index (χ0n) is 29.3. The summed E-state index contributed by atoms with van der Waals surface area (Å²) in [5.74, 6) is -0.147. The molecule has 308 valence electrons. The van der Waals surface area contributed by atoms with Gasteiger partial charge >= 0.3 is 24.3 Å². The predicted molar refractivity (Wildman–Crippen MR) is 194 cm³/mol. The average molecular weight is 860 g/mol. The lowest BCUT2D eigenvalue weighted by atomic mass is 10.0. The molecule has 2 aliphatic carbocycles. The quantitative estimate of drug-likeness (QED) is 0.0784. The number of ether oxygens (including phenoxy) is 4. The Bertz CT molecular complexity index is 1890. The Labute approximate surface area is 333 Å². The van der Waals surface area contributed by atoms with Crippen molar-refractivity contribution in [3.8, 4) is 17.6 Å². The van der Waals surface area contributed by atoms with E-state index in [2.05, 4.69) is 25.3 Å². The monoisotopic (exact) mass is 858 g/mol. The van der Waals surface area contributed by atoms with Crippen LogP contribution >= 0.6 is 34.8 Å². The SMILES string of the molecule is C.CCOC(=O)c1ccc(-n2ccc(OCCC3(C(F)(F)F)CC3)n2)nc1Cl.CCOC(=O)c1ccc(Cl)nc1Cl.FC(F)(F)C1(CCOc2ccn[nH]2)CC1. The Morgan fingerprint density at radius 3 is 1.73 bits per heavy atom. The van der Waals surface area contributed by atoms with Gasteiger partial charge in [0, 0.05) is 18.3 Å². The van der Waals surface area contributed by atoms with E-state index in [0.717, 1.165) is 0 Å². The van der Waals surface area contributed by atoms with Crippen LogP contribution in [0.25, 0.3) is 5.82 Å². The third kappa shape index (κ3) is 12.4. The highest BCUT2D eigenvalue weighted by Gasteiger charge is 2.63. The minimum absolute atomic E-state index is 0. The van der Waals surface area contributed by atoms with Crippen molar-refractivity contribution in [1.29, 1.82) is 0 Å². The number of nitrogens with zero attached hydrogens (tertiary/aromatic N) is 5. The summed E-state index contributed by atoms with van der Waals surface area (Å²) in [6, 6.07) is 9.05. The third-order valence-electron chi connectivity index (χ3n) is 8.49. The molecule has 2 aliphatic rings. The largest absolute Gasteiger partial charge is 0.478 e. The van der Waals surface area contributed by atoms with Crippen LogP contribution in [0.5, 0.6) is 11.8 Å². The highest BCUT2D eigenvalue weighted by atomic mass is 35.5. The summed E-state index contributed by atoms with van der Waals surface area (Å²) in [6.07, 6.45) is -4.60. The number of H-pyrrole nitrogens is 1. The summed E-state index contributed by atoms with van der Waals surface area (Å²) in [5.41, 5.74) is -2.72. The Morgan fingerprint density at radius 1 is 0.768 bits per heavy atom. The molecule has 0 atom stereocenters. The normalized spacial score (nSPS) is 14.8. The van der Waals surface area contributed by atoms with Gasteiger partial charge in [0.2, 0.25) is 11.8 Å². The van der Waals surface area contributed by atoms with E-state index in [1.807, 2.05) is 0 Å². The lowest BCUT2D eigenvalue weighted by Crippen LogP contribution is -2.26. The molecule has 0 bridgehead atoms. The molecule has 56 heavy (non-hydrogen) atoms. The lowest BCUT2D eigenvalue weighted by Gasteiger charge is -2.18. The van der Waals surface area contributed by atoms with Crippen molar-refractivity contribution in [2.24, 2.45) is 10.8 Å². The van der Waals surface area contributed by atoms with E-state index in [4.69, 9.17) is 53.8 Å². The number of aromatic amines is 1. The number of hydrogen-bond acceptors (Lipinski definition) is 10. The molecule has 0 amide bonds. The maximum absolute atomic E-state index is 12.9. The van der Waals surface area contributed by atoms with Crippen molar-refractivity contribution in [2.45, 2.75) is 72.2 Å². The van der Waals surface area contributed by atoms with Crippen molar-refractivity contribution in [2.75, 3.05) is 26.4 Å². The molecule has 0 unspecified atom stereocenters. The standard InChI is InChI=1S/C17H17ClF3N3O3.C9H11F3N2O.C8H7Cl2NO2.CH4/c1-2-26-15(25)11-3-4-12(22-14(11)18)24-9-5-13(23-24)27-10-8-16(6-7-16)17(19,20)21;10-9(11,12)8(2-3-8)4-6-15-7-1-5-13-14-7;1-2-13-8(12)5-3-4-6(9)11-7(5)10;/h3-5,9H,2,6-8,10H2,1H3;1,5H,2-4,6H2,(H,13,14);3-4H,2H2,1H3;1H4. The first-order chi connectivity index (χ1) is 25.9. The number of nitrogens with one attached hydrogen (secondary N) is 1. The predicted octanol–water partition coefficient (Wildman–Crippen LogP) is 9.93. The van der Waals surface area contributed by atoms with Gasteiger partial charge in [-0.3, -0.25) is 0 Å². The molecule has 1 N–H and O–H groups in total. The van der Waals surface area contributed by atoms with E-state index in [-0.39, 0.29) is 98.2 Å². The summed E-state index contributed by atoms with van der Waals surface area (Å²) in [4.78, 5) is 30.7. The molecule has 4 aromatic heterocycles. The van der Waals surface area contributed by atoms with Crippen LogP contribution in [0, 0.1) is 10.8 Å². The van der Waals surface area contributed by atoms with Gasteiger partial charge in [-0.05, 0) is 76.6 Å².